The minimum absolute atomic E-state index is 0.0361. The number of para-hydroxylation sites is 2. The molecule has 2 aromatic rings. The van der Waals surface area contributed by atoms with Gasteiger partial charge >= 0.3 is 0 Å². The Balaban J connectivity index is 1.70. The quantitative estimate of drug-likeness (QED) is 0.736. The summed E-state index contributed by atoms with van der Waals surface area (Å²) in [6, 6.07) is 10.0. The fourth-order valence-electron chi connectivity index (χ4n) is 3.42. The second-order valence-corrected chi connectivity index (χ2v) is 8.00. The molecule has 3 rings (SSSR count). The van der Waals surface area contributed by atoms with Gasteiger partial charge in [-0.25, -0.2) is 4.39 Å². The highest BCUT2D eigenvalue weighted by Crippen LogP contribution is 2.31. The fraction of sp³-hybridized carbons (Fsp3) is 0.318. The van der Waals surface area contributed by atoms with Crippen molar-refractivity contribution in [2.45, 2.75) is 32.4 Å². The first kappa shape index (κ1) is 22.7. The molecule has 0 spiro atoms. The normalized spacial score (nSPS) is 16.9. The number of hydrogen-bond acceptors (Lipinski definition) is 4. The lowest BCUT2D eigenvalue weighted by Crippen LogP contribution is -2.48. The van der Waals surface area contributed by atoms with Crippen LogP contribution in [0.3, 0.4) is 0 Å². The van der Waals surface area contributed by atoms with Crippen molar-refractivity contribution in [1.29, 1.82) is 0 Å². The Morgan fingerprint density at radius 1 is 1.32 bits per heavy atom. The number of rotatable bonds is 5. The van der Waals surface area contributed by atoms with Crippen LogP contribution in [-0.2, 0) is 14.4 Å². The maximum atomic E-state index is 13.3. The first-order valence-corrected chi connectivity index (χ1v) is 10.2. The van der Waals surface area contributed by atoms with Gasteiger partial charge in [0.2, 0.25) is 17.7 Å². The number of carbonyl (C=O) groups excluding carboxylic acids is 3. The fourth-order valence-corrected chi connectivity index (χ4v) is 3.60. The molecule has 1 heterocycles. The van der Waals surface area contributed by atoms with E-state index in [1.807, 2.05) is 6.92 Å². The Kier molecular flexibility index (Phi) is 6.92. The SMILES string of the molecule is C[C@@H](C(=O)Nc1ccc(F)c(Cl)c1)N(C)CC(=O)N1c2ccccc2NC(=O)C[C@@H]1C. The number of benzene rings is 2. The summed E-state index contributed by atoms with van der Waals surface area (Å²) in [6.45, 7) is 3.44. The Labute approximate surface area is 185 Å². The molecular weight excluding hydrogens is 423 g/mol. The molecule has 2 atom stereocenters. The summed E-state index contributed by atoms with van der Waals surface area (Å²) in [5.74, 6) is -1.33. The first-order valence-electron chi connectivity index (χ1n) is 9.84. The lowest BCUT2D eigenvalue weighted by Gasteiger charge is -2.31. The third-order valence-electron chi connectivity index (χ3n) is 5.24. The Morgan fingerprint density at radius 3 is 2.74 bits per heavy atom. The van der Waals surface area contributed by atoms with Crippen molar-refractivity contribution < 1.29 is 18.8 Å². The second kappa shape index (κ2) is 9.45. The molecule has 7 nitrogen and oxygen atoms in total. The molecule has 0 aromatic heterocycles. The number of anilines is 3. The Bertz CT molecular complexity index is 1020. The summed E-state index contributed by atoms with van der Waals surface area (Å²) in [6.07, 6.45) is 0.172. The summed E-state index contributed by atoms with van der Waals surface area (Å²) in [4.78, 5) is 41.1. The smallest absolute Gasteiger partial charge is 0.241 e. The van der Waals surface area contributed by atoms with Crippen LogP contribution in [0.25, 0.3) is 0 Å². The first-order chi connectivity index (χ1) is 14.7. The molecule has 2 N–H and O–H groups in total. The molecule has 1 aliphatic rings. The highest BCUT2D eigenvalue weighted by atomic mass is 35.5. The molecule has 9 heteroatoms. The van der Waals surface area contributed by atoms with Gasteiger partial charge in [0.05, 0.1) is 29.0 Å². The molecule has 31 heavy (non-hydrogen) atoms. The van der Waals surface area contributed by atoms with E-state index in [9.17, 15) is 18.8 Å². The third-order valence-corrected chi connectivity index (χ3v) is 5.53. The van der Waals surface area contributed by atoms with Crippen LogP contribution in [0.15, 0.2) is 42.5 Å². The highest BCUT2D eigenvalue weighted by Gasteiger charge is 2.31. The summed E-state index contributed by atoms with van der Waals surface area (Å²) >= 11 is 5.76. The second-order valence-electron chi connectivity index (χ2n) is 7.59. The van der Waals surface area contributed by atoms with Crippen molar-refractivity contribution in [3.8, 4) is 0 Å². The van der Waals surface area contributed by atoms with E-state index in [-0.39, 0.29) is 41.8 Å². The minimum atomic E-state index is -0.648. The van der Waals surface area contributed by atoms with E-state index in [4.69, 9.17) is 11.6 Å². The van der Waals surface area contributed by atoms with Gasteiger partial charge < -0.3 is 15.5 Å². The van der Waals surface area contributed by atoms with Crippen LogP contribution in [0.2, 0.25) is 5.02 Å². The minimum Gasteiger partial charge on any atom is -0.325 e. The van der Waals surface area contributed by atoms with E-state index in [0.29, 0.717) is 17.1 Å². The zero-order valence-corrected chi connectivity index (χ0v) is 18.2. The number of halogens is 2. The van der Waals surface area contributed by atoms with Crippen molar-refractivity contribution in [2.24, 2.45) is 0 Å². The number of amides is 3. The maximum Gasteiger partial charge on any atom is 0.241 e. The van der Waals surface area contributed by atoms with E-state index in [0.717, 1.165) is 0 Å². The van der Waals surface area contributed by atoms with Gasteiger partial charge in [0.25, 0.3) is 0 Å². The predicted octanol–water partition coefficient (Wildman–Crippen LogP) is 3.50. The zero-order valence-electron chi connectivity index (χ0n) is 17.5. The van der Waals surface area contributed by atoms with Gasteiger partial charge in [0, 0.05) is 18.2 Å². The van der Waals surface area contributed by atoms with E-state index < -0.39 is 11.9 Å². The number of likely N-dealkylation sites (N-methyl/N-ethyl adjacent to an activating group) is 1. The summed E-state index contributed by atoms with van der Waals surface area (Å²) in [5, 5.41) is 5.40. The van der Waals surface area contributed by atoms with Gasteiger partial charge in [-0.3, -0.25) is 19.3 Å². The lowest BCUT2D eigenvalue weighted by molar-refractivity contribution is -0.123. The molecule has 0 saturated heterocycles. The predicted molar refractivity (Wildman–Crippen MR) is 119 cm³/mol. The molecule has 164 valence electrons. The van der Waals surface area contributed by atoms with Crippen LogP contribution in [0.1, 0.15) is 20.3 Å². The average Bonchev–Trinajstić information content (AvgIpc) is 2.84. The number of nitrogens with one attached hydrogen (secondary N) is 2. The summed E-state index contributed by atoms with van der Waals surface area (Å²) in [5.41, 5.74) is 1.56. The van der Waals surface area contributed by atoms with Crippen LogP contribution >= 0.6 is 11.6 Å². The van der Waals surface area contributed by atoms with Gasteiger partial charge in [0.1, 0.15) is 5.82 Å². The van der Waals surface area contributed by atoms with Gasteiger partial charge in [-0.2, -0.15) is 0 Å². The molecule has 0 aliphatic carbocycles. The van der Waals surface area contributed by atoms with Crippen LogP contribution < -0.4 is 15.5 Å². The van der Waals surface area contributed by atoms with Crippen LogP contribution in [0.4, 0.5) is 21.5 Å². The monoisotopic (exact) mass is 446 g/mol. The van der Waals surface area contributed by atoms with Gasteiger partial charge in [-0.05, 0) is 51.2 Å². The van der Waals surface area contributed by atoms with E-state index >= 15 is 0 Å². The van der Waals surface area contributed by atoms with Gasteiger partial charge in [0.15, 0.2) is 0 Å². The Morgan fingerprint density at radius 2 is 2.03 bits per heavy atom. The van der Waals surface area contributed by atoms with Crippen LogP contribution in [-0.4, -0.2) is 48.3 Å². The highest BCUT2D eigenvalue weighted by molar-refractivity contribution is 6.31. The van der Waals surface area contributed by atoms with Gasteiger partial charge in [-0.1, -0.05) is 23.7 Å². The molecule has 1 aliphatic heterocycles. The molecule has 2 aromatic carbocycles. The topological polar surface area (TPSA) is 81.8 Å². The molecular formula is C22H24ClFN4O3. The number of fused-ring (bicyclic) bond motifs is 1. The molecule has 0 radical (unpaired) electrons. The lowest BCUT2D eigenvalue weighted by atomic mass is 10.1. The van der Waals surface area contributed by atoms with Crippen LogP contribution in [0, 0.1) is 5.82 Å². The number of hydrogen-bond donors (Lipinski definition) is 2. The molecule has 0 saturated carbocycles. The van der Waals surface area contributed by atoms with Crippen molar-refractivity contribution in [3.63, 3.8) is 0 Å². The molecule has 0 bridgehead atoms. The van der Waals surface area contributed by atoms with E-state index in [1.54, 1.807) is 48.0 Å². The number of carbonyl (C=O) groups is 3. The molecule has 0 fully saturated rings. The molecule has 3 amide bonds. The molecule has 0 unspecified atom stereocenters. The van der Waals surface area contributed by atoms with Crippen LogP contribution in [0.5, 0.6) is 0 Å². The van der Waals surface area contributed by atoms with Crippen molar-refractivity contribution in [2.75, 3.05) is 29.1 Å². The standard InChI is InChI=1S/C22H24ClFN4O3/c1-13-10-20(29)26-18-6-4-5-7-19(18)28(13)21(30)12-27(3)14(2)22(31)25-15-8-9-17(24)16(23)11-15/h4-9,11,13-14H,10,12H2,1-3H3,(H,25,31)(H,26,29)/t13-,14-/m0/s1. The Hall–Kier alpha value is -2.97. The van der Waals surface area contributed by atoms with E-state index in [1.165, 1.54) is 18.2 Å². The number of nitrogens with zero attached hydrogens (tertiary/aromatic N) is 2. The zero-order chi connectivity index (χ0) is 22.7. The maximum absolute atomic E-state index is 13.3. The van der Waals surface area contributed by atoms with Crippen molar-refractivity contribution >= 4 is 46.4 Å². The van der Waals surface area contributed by atoms with E-state index in [2.05, 4.69) is 10.6 Å². The largest absolute Gasteiger partial charge is 0.325 e. The van der Waals surface area contributed by atoms with Gasteiger partial charge in [-0.15, -0.1) is 0 Å². The summed E-state index contributed by atoms with van der Waals surface area (Å²) in [7, 11) is 1.66. The third kappa shape index (κ3) is 5.21. The average molecular weight is 447 g/mol. The van der Waals surface area contributed by atoms with Crippen molar-refractivity contribution in [3.05, 3.63) is 53.3 Å². The van der Waals surface area contributed by atoms with Crippen molar-refractivity contribution in [1.82, 2.24) is 4.90 Å². The summed E-state index contributed by atoms with van der Waals surface area (Å²) < 4.78 is 13.3.